The molecule has 0 bridgehead atoms. The van der Waals surface area contributed by atoms with Crippen LogP contribution in [0.1, 0.15) is 11.3 Å². The van der Waals surface area contributed by atoms with Crippen molar-refractivity contribution in [3.63, 3.8) is 0 Å². The molecule has 0 amide bonds. The maximum Gasteiger partial charge on any atom is 0.201 e. The first-order valence-corrected chi connectivity index (χ1v) is 8.86. The van der Waals surface area contributed by atoms with Crippen LogP contribution in [0.2, 0.25) is 0 Å². The minimum absolute atomic E-state index is 0.802. The molecule has 2 heterocycles. The summed E-state index contributed by atoms with van der Waals surface area (Å²) in [6.07, 6.45) is 0.874. The van der Waals surface area contributed by atoms with E-state index in [2.05, 4.69) is 51.9 Å². The Morgan fingerprint density at radius 1 is 1.08 bits per heavy atom. The van der Waals surface area contributed by atoms with E-state index in [1.165, 1.54) is 11.1 Å². The number of fused-ring (bicyclic) bond motifs is 1. The van der Waals surface area contributed by atoms with Crippen molar-refractivity contribution >= 4 is 28.3 Å². The molecule has 24 heavy (non-hydrogen) atoms. The molecule has 4 aromatic rings. The van der Waals surface area contributed by atoms with E-state index in [0.29, 0.717) is 0 Å². The summed E-state index contributed by atoms with van der Waals surface area (Å²) in [6, 6.07) is 16.5. The molecule has 2 N–H and O–H groups in total. The zero-order valence-electron chi connectivity index (χ0n) is 13.4. The van der Waals surface area contributed by atoms with Crippen molar-refractivity contribution in [2.24, 2.45) is 0 Å². The van der Waals surface area contributed by atoms with Crippen LogP contribution in [0.25, 0.3) is 21.6 Å². The first-order valence-electron chi connectivity index (χ1n) is 7.98. The lowest BCUT2D eigenvalue weighted by Crippen LogP contribution is -2.06. The zero-order chi connectivity index (χ0) is 16.4. The number of nitrogens with one attached hydrogen (secondary N) is 2. The third-order valence-corrected chi connectivity index (χ3v) is 4.82. The predicted octanol–water partition coefficient (Wildman–Crippen LogP) is 4.65. The van der Waals surface area contributed by atoms with Gasteiger partial charge in [-0.25, -0.2) is 9.97 Å². The Morgan fingerprint density at radius 3 is 2.83 bits per heavy atom. The Kier molecular flexibility index (Phi) is 4.01. The van der Waals surface area contributed by atoms with Crippen molar-refractivity contribution in [1.82, 2.24) is 15.0 Å². The Labute approximate surface area is 144 Å². The molecule has 0 saturated heterocycles. The second-order valence-electron chi connectivity index (χ2n) is 5.79. The number of aromatic amines is 1. The molecule has 5 heteroatoms. The van der Waals surface area contributed by atoms with Gasteiger partial charge in [-0.3, -0.25) is 0 Å². The minimum atomic E-state index is 0.802. The summed E-state index contributed by atoms with van der Waals surface area (Å²) >= 11 is 1.69. The predicted molar refractivity (Wildman–Crippen MR) is 101 cm³/mol. The van der Waals surface area contributed by atoms with Crippen molar-refractivity contribution < 1.29 is 0 Å². The van der Waals surface area contributed by atoms with Crippen molar-refractivity contribution in [1.29, 1.82) is 0 Å². The summed E-state index contributed by atoms with van der Waals surface area (Å²) in [5.41, 5.74) is 5.57. The molecule has 0 spiro atoms. The van der Waals surface area contributed by atoms with Crippen molar-refractivity contribution in [2.75, 3.05) is 11.9 Å². The molecule has 2 aromatic heterocycles. The number of aromatic nitrogens is 3. The Hall–Kier alpha value is -2.66. The van der Waals surface area contributed by atoms with E-state index in [1.807, 2.05) is 24.3 Å². The topological polar surface area (TPSA) is 53.6 Å². The standard InChI is InChI=1S/C19H18N4S/c1-13-7-8-16-17(11-13)23-19(22-16)20-10-9-15-12-24-18(21-15)14-5-3-2-4-6-14/h2-8,11-12H,9-10H2,1H3,(H2,20,22,23). The van der Waals surface area contributed by atoms with Gasteiger partial charge in [0, 0.05) is 23.9 Å². The molecule has 0 aliphatic carbocycles. The van der Waals surface area contributed by atoms with Gasteiger partial charge in [0.2, 0.25) is 5.95 Å². The Balaban J connectivity index is 1.39. The first-order chi connectivity index (χ1) is 11.8. The minimum Gasteiger partial charge on any atom is -0.355 e. The monoisotopic (exact) mass is 334 g/mol. The molecule has 0 aliphatic heterocycles. The zero-order valence-corrected chi connectivity index (χ0v) is 14.2. The van der Waals surface area contributed by atoms with E-state index in [-0.39, 0.29) is 0 Å². The Morgan fingerprint density at radius 2 is 1.96 bits per heavy atom. The summed E-state index contributed by atoms with van der Waals surface area (Å²) in [5.74, 6) is 0.814. The largest absolute Gasteiger partial charge is 0.355 e. The number of nitrogens with zero attached hydrogens (tertiary/aromatic N) is 2. The quantitative estimate of drug-likeness (QED) is 0.558. The van der Waals surface area contributed by atoms with E-state index in [9.17, 15) is 0 Å². The first kappa shape index (κ1) is 14.9. The van der Waals surface area contributed by atoms with Gasteiger partial charge in [0.25, 0.3) is 0 Å². The highest BCUT2D eigenvalue weighted by atomic mass is 32.1. The number of H-pyrrole nitrogens is 1. The van der Waals surface area contributed by atoms with Crippen LogP contribution in [-0.4, -0.2) is 21.5 Å². The lowest BCUT2D eigenvalue weighted by molar-refractivity contribution is 0.965. The van der Waals surface area contributed by atoms with Gasteiger partial charge in [-0.15, -0.1) is 11.3 Å². The van der Waals surface area contributed by atoms with Gasteiger partial charge >= 0.3 is 0 Å². The molecule has 0 unspecified atom stereocenters. The fourth-order valence-electron chi connectivity index (χ4n) is 2.65. The molecule has 0 atom stereocenters. The van der Waals surface area contributed by atoms with Crippen LogP contribution in [0, 0.1) is 6.92 Å². The lowest BCUT2D eigenvalue weighted by Gasteiger charge is -2.00. The molecule has 2 aromatic carbocycles. The van der Waals surface area contributed by atoms with Crippen LogP contribution >= 0.6 is 11.3 Å². The maximum atomic E-state index is 4.71. The molecular weight excluding hydrogens is 316 g/mol. The number of hydrogen-bond donors (Lipinski definition) is 2. The highest BCUT2D eigenvalue weighted by Crippen LogP contribution is 2.23. The van der Waals surface area contributed by atoms with Gasteiger partial charge in [-0.05, 0) is 24.6 Å². The highest BCUT2D eigenvalue weighted by molar-refractivity contribution is 7.13. The number of anilines is 1. The van der Waals surface area contributed by atoms with E-state index in [0.717, 1.165) is 40.6 Å². The van der Waals surface area contributed by atoms with Gasteiger partial charge in [0.05, 0.1) is 16.7 Å². The van der Waals surface area contributed by atoms with Crippen LogP contribution < -0.4 is 5.32 Å². The number of imidazole rings is 1. The third-order valence-electron chi connectivity index (χ3n) is 3.88. The average molecular weight is 334 g/mol. The molecule has 0 radical (unpaired) electrons. The molecular formula is C19H18N4S. The van der Waals surface area contributed by atoms with Gasteiger partial charge in [0.1, 0.15) is 5.01 Å². The van der Waals surface area contributed by atoms with Gasteiger partial charge in [0.15, 0.2) is 0 Å². The molecule has 0 saturated carbocycles. The molecule has 0 fully saturated rings. The van der Waals surface area contributed by atoms with Crippen LogP contribution in [0.3, 0.4) is 0 Å². The lowest BCUT2D eigenvalue weighted by atomic mass is 10.2. The van der Waals surface area contributed by atoms with Gasteiger partial charge in [-0.1, -0.05) is 36.4 Å². The van der Waals surface area contributed by atoms with Gasteiger partial charge < -0.3 is 10.3 Å². The van der Waals surface area contributed by atoms with Crippen molar-refractivity contribution in [3.05, 3.63) is 65.2 Å². The summed E-state index contributed by atoms with van der Waals surface area (Å²) in [6.45, 7) is 2.89. The SMILES string of the molecule is Cc1ccc2nc(NCCc3csc(-c4ccccc4)n3)[nH]c2c1. The molecule has 4 nitrogen and oxygen atoms in total. The van der Waals surface area contributed by atoms with E-state index in [1.54, 1.807) is 11.3 Å². The van der Waals surface area contributed by atoms with Crippen LogP contribution in [0.4, 0.5) is 5.95 Å². The van der Waals surface area contributed by atoms with Crippen LogP contribution in [-0.2, 0) is 6.42 Å². The number of thiazole rings is 1. The summed E-state index contributed by atoms with van der Waals surface area (Å²) in [5, 5.41) is 6.55. The second-order valence-corrected chi connectivity index (χ2v) is 6.65. The number of rotatable bonds is 5. The fourth-order valence-corrected chi connectivity index (χ4v) is 3.51. The van der Waals surface area contributed by atoms with Crippen molar-refractivity contribution in [2.45, 2.75) is 13.3 Å². The van der Waals surface area contributed by atoms with Crippen molar-refractivity contribution in [3.8, 4) is 10.6 Å². The smallest absolute Gasteiger partial charge is 0.201 e. The van der Waals surface area contributed by atoms with Crippen LogP contribution in [0.5, 0.6) is 0 Å². The molecule has 4 rings (SSSR count). The number of benzene rings is 2. The average Bonchev–Trinajstić information content (AvgIpc) is 3.22. The fraction of sp³-hybridized carbons (Fsp3) is 0.158. The Bertz CT molecular complexity index is 956. The summed E-state index contributed by atoms with van der Waals surface area (Å²) in [7, 11) is 0. The molecule has 120 valence electrons. The maximum absolute atomic E-state index is 4.71. The van der Waals surface area contributed by atoms with E-state index in [4.69, 9.17) is 4.98 Å². The van der Waals surface area contributed by atoms with E-state index < -0.39 is 0 Å². The van der Waals surface area contributed by atoms with Gasteiger partial charge in [-0.2, -0.15) is 0 Å². The third kappa shape index (κ3) is 3.16. The summed E-state index contributed by atoms with van der Waals surface area (Å²) in [4.78, 5) is 12.6. The highest BCUT2D eigenvalue weighted by Gasteiger charge is 2.05. The number of aryl methyl sites for hydroxylation is 1. The number of hydrogen-bond acceptors (Lipinski definition) is 4. The van der Waals surface area contributed by atoms with E-state index >= 15 is 0 Å². The second kappa shape index (κ2) is 6.45. The summed E-state index contributed by atoms with van der Waals surface area (Å²) < 4.78 is 0. The molecule has 0 aliphatic rings. The van der Waals surface area contributed by atoms with Crippen LogP contribution in [0.15, 0.2) is 53.9 Å². The normalized spacial score (nSPS) is 11.0.